The highest BCUT2D eigenvalue weighted by atomic mass is 16.6. The fourth-order valence-corrected chi connectivity index (χ4v) is 3.10. The molecule has 0 spiro atoms. The molecule has 0 atom stereocenters. The first-order chi connectivity index (χ1) is 13.3. The Balaban J connectivity index is 1.78. The van der Waals surface area contributed by atoms with Gasteiger partial charge in [0.05, 0.1) is 10.5 Å². The Morgan fingerprint density at radius 1 is 1.18 bits per heavy atom. The molecule has 1 aromatic heterocycles. The Kier molecular flexibility index (Phi) is 5.12. The topological polar surface area (TPSA) is 106 Å². The van der Waals surface area contributed by atoms with Gasteiger partial charge in [-0.05, 0) is 25.1 Å². The lowest BCUT2D eigenvalue weighted by atomic mass is 10.1. The quantitative estimate of drug-likeness (QED) is 0.303. The minimum absolute atomic E-state index is 0.0146. The normalized spacial score (nSPS) is 10.7. The van der Waals surface area contributed by atoms with Crippen molar-refractivity contribution < 1.29 is 19.2 Å². The number of fused-ring (bicyclic) bond motifs is 1. The summed E-state index contributed by atoms with van der Waals surface area (Å²) in [6.45, 7) is 1.32. The molecule has 0 amide bonds. The second-order valence-corrected chi connectivity index (χ2v) is 6.52. The number of Topliss-reactive ketones (excluding diaryl/α,β-unsaturated/α-hetero) is 1. The van der Waals surface area contributed by atoms with Crippen molar-refractivity contribution in [3.05, 3.63) is 69.4 Å². The van der Waals surface area contributed by atoms with Crippen LogP contribution in [0, 0.1) is 17.0 Å². The van der Waals surface area contributed by atoms with E-state index in [1.54, 1.807) is 25.9 Å². The molecular weight excluding hydrogens is 362 g/mol. The van der Waals surface area contributed by atoms with Crippen molar-refractivity contribution in [1.82, 2.24) is 4.98 Å². The van der Waals surface area contributed by atoms with Gasteiger partial charge in [0, 0.05) is 42.3 Å². The zero-order valence-corrected chi connectivity index (χ0v) is 15.7. The molecule has 3 aromatic rings. The number of ether oxygens (including phenoxy) is 1. The average molecular weight is 381 g/mol. The number of aromatic nitrogens is 1. The van der Waals surface area contributed by atoms with Crippen molar-refractivity contribution in [2.75, 3.05) is 25.6 Å². The standard InChI is InChI=1S/C20H19N3O5/c1-12-19(14-6-4-5-7-15(14)21-12)18(24)11-28-20(25)13-8-9-16(22(2)3)17(10-13)23(26)27/h4-10,21H,11H2,1-3H3. The number of esters is 1. The van der Waals surface area contributed by atoms with Crippen LogP contribution in [0.3, 0.4) is 0 Å². The second kappa shape index (κ2) is 7.51. The maximum Gasteiger partial charge on any atom is 0.338 e. The molecule has 8 nitrogen and oxygen atoms in total. The Morgan fingerprint density at radius 2 is 1.89 bits per heavy atom. The highest BCUT2D eigenvalue weighted by molar-refractivity contribution is 6.10. The number of nitrogens with zero attached hydrogens (tertiary/aromatic N) is 2. The number of nitrogens with one attached hydrogen (secondary N) is 1. The van der Waals surface area contributed by atoms with Crippen molar-refractivity contribution >= 4 is 34.0 Å². The van der Waals surface area contributed by atoms with Crippen LogP contribution in [0.2, 0.25) is 0 Å². The maximum atomic E-state index is 12.6. The lowest BCUT2D eigenvalue weighted by Gasteiger charge is -2.13. The van der Waals surface area contributed by atoms with Crippen LogP contribution in [-0.2, 0) is 4.74 Å². The van der Waals surface area contributed by atoms with Crippen molar-refractivity contribution in [1.29, 1.82) is 0 Å². The van der Waals surface area contributed by atoms with Crippen LogP contribution in [0.4, 0.5) is 11.4 Å². The molecule has 0 bridgehead atoms. The number of H-pyrrole nitrogens is 1. The molecule has 28 heavy (non-hydrogen) atoms. The van der Waals surface area contributed by atoms with Gasteiger partial charge in [-0.1, -0.05) is 18.2 Å². The highest BCUT2D eigenvalue weighted by Gasteiger charge is 2.21. The zero-order chi connectivity index (χ0) is 20.4. The van der Waals surface area contributed by atoms with Crippen LogP contribution >= 0.6 is 0 Å². The summed E-state index contributed by atoms with van der Waals surface area (Å²) in [4.78, 5) is 40.3. The Hall–Kier alpha value is -3.68. The molecule has 0 aliphatic carbocycles. The number of rotatable bonds is 6. The van der Waals surface area contributed by atoms with Crippen LogP contribution in [0.5, 0.6) is 0 Å². The van der Waals surface area contributed by atoms with E-state index in [-0.39, 0.29) is 17.0 Å². The van der Waals surface area contributed by atoms with Crippen LogP contribution < -0.4 is 4.90 Å². The molecule has 0 fully saturated rings. The average Bonchev–Trinajstić information content (AvgIpc) is 3.00. The van der Waals surface area contributed by atoms with Gasteiger partial charge < -0.3 is 14.6 Å². The molecular formula is C20H19N3O5. The number of nitro groups is 1. The van der Waals surface area contributed by atoms with E-state index in [0.717, 1.165) is 17.0 Å². The number of benzene rings is 2. The highest BCUT2D eigenvalue weighted by Crippen LogP contribution is 2.28. The first-order valence-electron chi connectivity index (χ1n) is 8.53. The number of ketones is 1. The number of anilines is 1. The summed E-state index contributed by atoms with van der Waals surface area (Å²) >= 11 is 0. The molecule has 0 saturated carbocycles. The summed E-state index contributed by atoms with van der Waals surface area (Å²) in [7, 11) is 3.34. The lowest BCUT2D eigenvalue weighted by Crippen LogP contribution is -2.16. The van der Waals surface area contributed by atoms with Gasteiger partial charge in [-0.15, -0.1) is 0 Å². The molecule has 0 saturated heterocycles. The van der Waals surface area contributed by atoms with Gasteiger partial charge in [-0.3, -0.25) is 14.9 Å². The Morgan fingerprint density at radius 3 is 2.57 bits per heavy atom. The summed E-state index contributed by atoms with van der Waals surface area (Å²) in [5.41, 5.74) is 2.15. The van der Waals surface area contributed by atoms with Gasteiger partial charge in [0.1, 0.15) is 5.69 Å². The number of aryl methyl sites for hydroxylation is 1. The van der Waals surface area contributed by atoms with Crippen molar-refractivity contribution in [3.63, 3.8) is 0 Å². The lowest BCUT2D eigenvalue weighted by molar-refractivity contribution is -0.384. The molecule has 0 unspecified atom stereocenters. The minimum atomic E-state index is -0.792. The van der Waals surface area contributed by atoms with Gasteiger partial charge in [0.15, 0.2) is 6.61 Å². The number of aromatic amines is 1. The second-order valence-electron chi connectivity index (χ2n) is 6.52. The van der Waals surface area contributed by atoms with E-state index in [1.165, 1.54) is 12.1 Å². The number of nitro benzene ring substituents is 1. The van der Waals surface area contributed by atoms with E-state index in [4.69, 9.17) is 4.74 Å². The third kappa shape index (κ3) is 3.57. The van der Waals surface area contributed by atoms with E-state index < -0.39 is 17.5 Å². The fraction of sp³-hybridized carbons (Fsp3) is 0.200. The molecule has 2 aromatic carbocycles. The van der Waals surface area contributed by atoms with E-state index in [9.17, 15) is 19.7 Å². The number of carbonyl (C=O) groups excluding carboxylic acids is 2. The Labute approximate surface area is 160 Å². The molecule has 0 radical (unpaired) electrons. The van der Waals surface area contributed by atoms with E-state index >= 15 is 0 Å². The molecule has 3 rings (SSSR count). The fourth-order valence-electron chi connectivity index (χ4n) is 3.10. The van der Waals surface area contributed by atoms with Gasteiger partial charge in [0.25, 0.3) is 5.69 Å². The van der Waals surface area contributed by atoms with Crippen molar-refractivity contribution in [2.24, 2.45) is 0 Å². The predicted octanol–water partition coefficient (Wildman–Crippen LogP) is 3.49. The SMILES string of the molecule is Cc1[nH]c2ccccc2c1C(=O)COC(=O)c1ccc(N(C)C)c([N+](=O)[O-])c1. The summed E-state index contributed by atoms with van der Waals surface area (Å²) in [6.07, 6.45) is 0. The summed E-state index contributed by atoms with van der Waals surface area (Å²) in [5.74, 6) is -1.14. The molecule has 144 valence electrons. The first kappa shape index (κ1) is 19.1. The molecule has 1 heterocycles. The van der Waals surface area contributed by atoms with Crippen LogP contribution in [0.25, 0.3) is 10.9 Å². The zero-order valence-electron chi connectivity index (χ0n) is 15.7. The van der Waals surface area contributed by atoms with Crippen molar-refractivity contribution in [2.45, 2.75) is 6.92 Å². The van der Waals surface area contributed by atoms with Gasteiger partial charge in [-0.2, -0.15) is 0 Å². The predicted molar refractivity (Wildman–Crippen MR) is 105 cm³/mol. The first-order valence-corrected chi connectivity index (χ1v) is 8.53. The molecule has 1 N–H and O–H groups in total. The number of hydrogen-bond acceptors (Lipinski definition) is 6. The molecule has 0 aliphatic heterocycles. The maximum absolute atomic E-state index is 12.6. The smallest absolute Gasteiger partial charge is 0.338 e. The van der Waals surface area contributed by atoms with Gasteiger partial charge in [0.2, 0.25) is 5.78 Å². The van der Waals surface area contributed by atoms with Crippen LogP contribution in [0.1, 0.15) is 26.4 Å². The van der Waals surface area contributed by atoms with E-state index in [0.29, 0.717) is 16.9 Å². The minimum Gasteiger partial charge on any atom is -0.454 e. The largest absolute Gasteiger partial charge is 0.454 e. The molecule has 0 aliphatic rings. The van der Waals surface area contributed by atoms with Crippen molar-refractivity contribution in [3.8, 4) is 0 Å². The van der Waals surface area contributed by atoms with Crippen LogP contribution in [-0.4, -0.2) is 42.4 Å². The molecule has 8 heteroatoms. The number of carbonyl (C=O) groups is 2. The summed E-state index contributed by atoms with van der Waals surface area (Å²) < 4.78 is 5.11. The number of para-hydroxylation sites is 1. The summed E-state index contributed by atoms with van der Waals surface area (Å²) in [5, 5.41) is 12.0. The third-order valence-electron chi connectivity index (χ3n) is 4.40. The van der Waals surface area contributed by atoms with E-state index in [1.807, 2.05) is 24.3 Å². The Bertz CT molecular complexity index is 1080. The van der Waals surface area contributed by atoms with Crippen LogP contribution in [0.15, 0.2) is 42.5 Å². The van der Waals surface area contributed by atoms with Gasteiger partial charge >= 0.3 is 5.97 Å². The monoisotopic (exact) mass is 381 g/mol. The summed E-state index contributed by atoms with van der Waals surface area (Å²) in [6, 6.07) is 11.4. The van der Waals surface area contributed by atoms with E-state index in [2.05, 4.69) is 4.98 Å². The third-order valence-corrected chi connectivity index (χ3v) is 4.40. The van der Waals surface area contributed by atoms with Gasteiger partial charge in [-0.25, -0.2) is 4.79 Å². The number of hydrogen-bond donors (Lipinski definition) is 1.